The first-order chi connectivity index (χ1) is 7.04. The van der Waals surface area contributed by atoms with Crippen LogP contribution in [0, 0.1) is 0 Å². The Kier molecular flexibility index (Phi) is 2.95. The molecule has 76 valence electrons. The van der Waals surface area contributed by atoms with E-state index in [9.17, 15) is 14.4 Å². The number of benzene rings is 1. The van der Waals surface area contributed by atoms with Gasteiger partial charge in [-0.2, -0.15) is 4.99 Å². The van der Waals surface area contributed by atoms with E-state index in [2.05, 4.69) is 4.99 Å². The lowest BCUT2D eigenvalue weighted by molar-refractivity contribution is 0.0999. The predicted octanol–water partition coefficient (Wildman–Crippen LogP) is -0.148. The second-order valence-electron chi connectivity index (χ2n) is 2.70. The van der Waals surface area contributed by atoms with Crippen LogP contribution in [0.1, 0.15) is 20.7 Å². The van der Waals surface area contributed by atoms with Crippen molar-refractivity contribution in [2.45, 2.75) is 0 Å². The fraction of sp³-hybridized carbons (Fsp3) is 0. The molecule has 0 aromatic heterocycles. The van der Waals surface area contributed by atoms with Gasteiger partial charge in [-0.15, -0.1) is 0 Å². The van der Waals surface area contributed by atoms with E-state index in [4.69, 9.17) is 11.5 Å². The second kappa shape index (κ2) is 4.17. The Morgan fingerprint density at radius 3 is 1.87 bits per heavy atom. The van der Waals surface area contributed by atoms with E-state index < -0.39 is 11.8 Å². The fourth-order valence-electron chi connectivity index (χ4n) is 1.01. The van der Waals surface area contributed by atoms with Gasteiger partial charge in [0.15, 0.2) is 0 Å². The highest BCUT2D eigenvalue weighted by Gasteiger charge is 2.08. The molecule has 0 aliphatic carbocycles. The van der Waals surface area contributed by atoms with E-state index in [0.29, 0.717) is 0 Å². The first-order valence-electron chi connectivity index (χ1n) is 3.87. The van der Waals surface area contributed by atoms with Crippen molar-refractivity contribution in [1.29, 1.82) is 0 Å². The van der Waals surface area contributed by atoms with Gasteiger partial charge in [-0.25, -0.2) is 4.79 Å². The zero-order chi connectivity index (χ0) is 11.4. The number of amides is 2. The van der Waals surface area contributed by atoms with Gasteiger partial charge in [-0.1, -0.05) is 0 Å². The molecule has 15 heavy (non-hydrogen) atoms. The summed E-state index contributed by atoms with van der Waals surface area (Å²) in [6.45, 7) is 0. The number of isocyanates is 1. The van der Waals surface area contributed by atoms with Crippen molar-refractivity contribution in [3.63, 3.8) is 0 Å². The minimum atomic E-state index is -0.736. The number of rotatable bonds is 3. The average molecular weight is 205 g/mol. The van der Waals surface area contributed by atoms with Gasteiger partial charge in [0.05, 0.1) is 5.69 Å². The van der Waals surface area contributed by atoms with Crippen molar-refractivity contribution >= 4 is 23.6 Å². The van der Waals surface area contributed by atoms with Gasteiger partial charge in [-0.3, -0.25) is 9.59 Å². The molecule has 0 heterocycles. The smallest absolute Gasteiger partial charge is 0.248 e. The molecule has 4 N–H and O–H groups in total. The molecule has 1 rings (SSSR count). The highest BCUT2D eigenvalue weighted by Crippen LogP contribution is 2.16. The summed E-state index contributed by atoms with van der Waals surface area (Å²) in [6.07, 6.45) is 1.29. The third-order valence-corrected chi connectivity index (χ3v) is 1.66. The molecule has 0 saturated carbocycles. The normalized spacial score (nSPS) is 9.07. The highest BCUT2D eigenvalue weighted by molar-refractivity contribution is 5.99. The number of carbonyl (C=O) groups excluding carboxylic acids is 3. The molecule has 0 fully saturated rings. The molecule has 0 saturated heterocycles. The summed E-state index contributed by atoms with van der Waals surface area (Å²) in [4.78, 5) is 35.0. The number of nitrogens with zero attached hydrogens (tertiary/aromatic N) is 1. The van der Waals surface area contributed by atoms with Crippen molar-refractivity contribution < 1.29 is 14.4 Å². The number of hydrogen-bond acceptors (Lipinski definition) is 4. The van der Waals surface area contributed by atoms with Gasteiger partial charge in [0.2, 0.25) is 17.9 Å². The van der Waals surface area contributed by atoms with Crippen molar-refractivity contribution in [3.8, 4) is 0 Å². The molecule has 0 unspecified atom stereocenters. The SMILES string of the molecule is NC(=O)c1cc(N=C=O)cc(C(N)=O)c1. The first kappa shape index (κ1) is 10.6. The van der Waals surface area contributed by atoms with Gasteiger partial charge in [0.25, 0.3) is 0 Å². The van der Waals surface area contributed by atoms with Crippen LogP contribution < -0.4 is 11.5 Å². The number of aliphatic imine (C=N–C) groups is 1. The molecule has 2 amide bonds. The molecule has 6 heteroatoms. The van der Waals surface area contributed by atoms with E-state index in [1.54, 1.807) is 0 Å². The summed E-state index contributed by atoms with van der Waals surface area (Å²) >= 11 is 0. The summed E-state index contributed by atoms with van der Waals surface area (Å²) in [5, 5.41) is 0. The third kappa shape index (κ3) is 2.49. The summed E-state index contributed by atoms with van der Waals surface area (Å²) in [7, 11) is 0. The van der Waals surface area contributed by atoms with Gasteiger partial charge in [0.1, 0.15) is 0 Å². The number of nitrogens with two attached hydrogens (primary N) is 2. The summed E-state index contributed by atoms with van der Waals surface area (Å²) in [5.74, 6) is -1.47. The van der Waals surface area contributed by atoms with Crippen LogP contribution in [0.2, 0.25) is 0 Å². The quantitative estimate of drug-likeness (QED) is 0.528. The Morgan fingerprint density at radius 2 is 1.53 bits per heavy atom. The molecule has 0 aliphatic rings. The Labute approximate surface area is 84.6 Å². The molecule has 1 aromatic rings. The Hall–Kier alpha value is -2.46. The minimum absolute atomic E-state index is 0.0558. The summed E-state index contributed by atoms with van der Waals surface area (Å²) in [5.41, 5.74) is 10.3. The average Bonchev–Trinajstić information content (AvgIpc) is 2.17. The fourth-order valence-corrected chi connectivity index (χ4v) is 1.01. The summed E-state index contributed by atoms with van der Waals surface area (Å²) in [6, 6.07) is 3.76. The molecule has 0 spiro atoms. The van der Waals surface area contributed by atoms with Gasteiger partial charge < -0.3 is 11.5 Å². The van der Waals surface area contributed by atoms with Crippen LogP contribution in [0.5, 0.6) is 0 Å². The molecule has 1 aromatic carbocycles. The Bertz CT molecular complexity index is 413. The Balaban J connectivity index is 3.38. The summed E-state index contributed by atoms with van der Waals surface area (Å²) < 4.78 is 0. The topological polar surface area (TPSA) is 116 Å². The van der Waals surface area contributed by atoms with E-state index in [1.807, 2.05) is 0 Å². The van der Waals surface area contributed by atoms with Gasteiger partial charge in [-0.05, 0) is 18.2 Å². The maximum Gasteiger partial charge on any atom is 0.248 e. The molecule has 0 aliphatic heterocycles. The van der Waals surface area contributed by atoms with Crippen LogP contribution in [-0.4, -0.2) is 17.9 Å². The van der Waals surface area contributed by atoms with Crippen LogP contribution in [0.25, 0.3) is 0 Å². The zero-order valence-electron chi connectivity index (χ0n) is 7.56. The standard InChI is InChI=1S/C9H7N3O3/c10-8(14)5-1-6(9(11)15)3-7(2-5)12-4-13/h1-3H,(H2,10,14)(H2,11,15). The van der Waals surface area contributed by atoms with Crippen LogP contribution in [0.4, 0.5) is 5.69 Å². The van der Waals surface area contributed by atoms with E-state index >= 15 is 0 Å². The minimum Gasteiger partial charge on any atom is -0.366 e. The molecular weight excluding hydrogens is 198 g/mol. The third-order valence-electron chi connectivity index (χ3n) is 1.66. The monoisotopic (exact) mass is 205 g/mol. The molecule has 0 bridgehead atoms. The Morgan fingerprint density at radius 1 is 1.07 bits per heavy atom. The number of hydrogen-bond donors (Lipinski definition) is 2. The van der Waals surface area contributed by atoms with E-state index in [0.717, 1.165) is 0 Å². The lowest BCUT2D eigenvalue weighted by Crippen LogP contribution is -2.15. The number of primary amides is 2. The molecule has 6 nitrogen and oxygen atoms in total. The number of carbonyl (C=O) groups is 2. The van der Waals surface area contributed by atoms with Crippen molar-refractivity contribution in [3.05, 3.63) is 29.3 Å². The van der Waals surface area contributed by atoms with Crippen molar-refractivity contribution in [1.82, 2.24) is 0 Å². The second-order valence-corrected chi connectivity index (χ2v) is 2.70. The lowest BCUT2D eigenvalue weighted by Gasteiger charge is -2.00. The van der Waals surface area contributed by atoms with Gasteiger partial charge in [0, 0.05) is 11.1 Å². The van der Waals surface area contributed by atoms with Crippen LogP contribution in [0.3, 0.4) is 0 Å². The van der Waals surface area contributed by atoms with Crippen LogP contribution in [-0.2, 0) is 4.79 Å². The lowest BCUT2D eigenvalue weighted by atomic mass is 10.1. The van der Waals surface area contributed by atoms with E-state index in [1.165, 1.54) is 24.3 Å². The van der Waals surface area contributed by atoms with Gasteiger partial charge >= 0.3 is 0 Å². The maximum atomic E-state index is 10.9. The molecule has 0 atom stereocenters. The van der Waals surface area contributed by atoms with Crippen molar-refractivity contribution in [2.24, 2.45) is 16.5 Å². The van der Waals surface area contributed by atoms with E-state index in [-0.39, 0.29) is 16.8 Å². The van der Waals surface area contributed by atoms with Crippen LogP contribution in [0.15, 0.2) is 23.2 Å². The predicted molar refractivity (Wildman–Crippen MR) is 51.3 cm³/mol. The first-order valence-corrected chi connectivity index (χ1v) is 3.87. The molecule has 0 radical (unpaired) electrons. The van der Waals surface area contributed by atoms with Crippen LogP contribution >= 0.6 is 0 Å². The molecular formula is C9H7N3O3. The highest BCUT2D eigenvalue weighted by atomic mass is 16.1. The van der Waals surface area contributed by atoms with Crippen molar-refractivity contribution in [2.75, 3.05) is 0 Å². The maximum absolute atomic E-state index is 10.9. The zero-order valence-corrected chi connectivity index (χ0v) is 7.56. The largest absolute Gasteiger partial charge is 0.366 e.